The molecule has 0 aromatic heterocycles. The maximum atomic E-state index is 12.1. The standard InChI is InChI=1S/C20H20ClNO5/c1-3-10-26-17-9-8-14(11-18(17)25-2)20(24)27-13-19(23)22-12-15-6-4-5-7-16(15)21/h3-9,11H,1,10,12-13H2,2H3,(H,22,23). The molecule has 0 unspecified atom stereocenters. The zero-order valence-corrected chi connectivity index (χ0v) is 15.6. The molecule has 0 heterocycles. The third-order valence-corrected chi connectivity index (χ3v) is 3.89. The minimum absolute atomic E-state index is 0.247. The molecule has 27 heavy (non-hydrogen) atoms. The molecule has 0 aliphatic heterocycles. The molecule has 142 valence electrons. The highest BCUT2D eigenvalue weighted by atomic mass is 35.5. The van der Waals surface area contributed by atoms with Crippen LogP contribution in [0.25, 0.3) is 0 Å². The van der Waals surface area contributed by atoms with Crippen molar-refractivity contribution in [3.8, 4) is 11.5 Å². The van der Waals surface area contributed by atoms with E-state index < -0.39 is 18.5 Å². The molecule has 1 amide bonds. The molecule has 0 atom stereocenters. The second-order valence-electron chi connectivity index (χ2n) is 5.41. The number of hydrogen-bond donors (Lipinski definition) is 1. The molecule has 1 N–H and O–H groups in total. The van der Waals surface area contributed by atoms with Crippen LogP contribution < -0.4 is 14.8 Å². The smallest absolute Gasteiger partial charge is 0.338 e. The van der Waals surface area contributed by atoms with Gasteiger partial charge in [-0.15, -0.1) is 0 Å². The first-order valence-corrected chi connectivity index (χ1v) is 8.52. The number of carbonyl (C=O) groups is 2. The maximum absolute atomic E-state index is 12.1. The second kappa shape index (κ2) is 10.2. The number of rotatable bonds is 9. The molecular formula is C20H20ClNO5. The van der Waals surface area contributed by atoms with E-state index in [9.17, 15) is 9.59 Å². The number of halogens is 1. The van der Waals surface area contributed by atoms with Gasteiger partial charge in [0.1, 0.15) is 6.61 Å². The summed E-state index contributed by atoms with van der Waals surface area (Å²) in [5, 5.41) is 3.20. The van der Waals surface area contributed by atoms with Crippen molar-refractivity contribution in [3.63, 3.8) is 0 Å². The van der Waals surface area contributed by atoms with Crippen LogP contribution in [0.15, 0.2) is 55.1 Å². The maximum Gasteiger partial charge on any atom is 0.338 e. The van der Waals surface area contributed by atoms with E-state index in [4.69, 9.17) is 25.8 Å². The summed E-state index contributed by atoms with van der Waals surface area (Å²) in [4.78, 5) is 24.0. The molecule has 0 fully saturated rings. The Kier molecular flexibility index (Phi) is 7.70. The molecule has 0 radical (unpaired) electrons. The fraction of sp³-hybridized carbons (Fsp3) is 0.200. The number of benzene rings is 2. The first kappa shape index (κ1) is 20.3. The minimum atomic E-state index is -0.642. The molecule has 7 heteroatoms. The molecule has 0 bridgehead atoms. The number of hydrogen-bond acceptors (Lipinski definition) is 5. The average molecular weight is 390 g/mol. The Morgan fingerprint density at radius 2 is 1.96 bits per heavy atom. The van der Waals surface area contributed by atoms with E-state index >= 15 is 0 Å². The van der Waals surface area contributed by atoms with Crippen molar-refractivity contribution in [2.75, 3.05) is 20.3 Å². The van der Waals surface area contributed by atoms with Gasteiger partial charge in [0.15, 0.2) is 18.1 Å². The Morgan fingerprint density at radius 3 is 2.67 bits per heavy atom. The van der Waals surface area contributed by atoms with E-state index in [1.165, 1.54) is 19.2 Å². The van der Waals surface area contributed by atoms with Crippen molar-refractivity contribution in [2.45, 2.75) is 6.54 Å². The summed E-state index contributed by atoms with van der Waals surface area (Å²) in [5.41, 5.74) is 1.02. The fourth-order valence-electron chi connectivity index (χ4n) is 2.16. The van der Waals surface area contributed by atoms with Crippen LogP contribution >= 0.6 is 11.6 Å². The van der Waals surface area contributed by atoms with Crippen LogP contribution in [0.1, 0.15) is 15.9 Å². The molecular weight excluding hydrogens is 370 g/mol. The molecule has 0 aliphatic rings. The van der Waals surface area contributed by atoms with Gasteiger partial charge >= 0.3 is 5.97 Å². The largest absolute Gasteiger partial charge is 0.493 e. The molecule has 2 aromatic carbocycles. The summed E-state index contributed by atoms with van der Waals surface area (Å²) in [5.74, 6) is -0.210. The van der Waals surface area contributed by atoms with Crippen molar-refractivity contribution in [2.24, 2.45) is 0 Å². The zero-order chi connectivity index (χ0) is 19.6. The Labute approximate surface area is 162 Å². The number of nitrogens with one attached hydrogen (secondary N) is 1. The van der Waals surface area contributed by atoms with Gasteiger partial charge in [0.2, 0.25) is 0 Å². The van der Waals surface area contributed by atoms with Crippen molar-refractivity contribution in [3.05, 3.63) is 71.3 Å². The zero-order valence-electron chi connectivity index (χ0n) is 14.9. The van der Waals surface area contributed by atoms with Gasteiger partial charge in [0.05, 0.1) is 12.7 Å². The summed E-state index contributed by atoms with van der Waals surface area (Å²) < 4.78 is 15.7. The number of esters is 1. The molecule has 0 saturated heterocycles. The molecule has 2 aromatic rings. The van der Waals surface area contributed by atoms with E-state index in [0.29, 0.717) is 23.1 Å². The Hall–Kier alpha value is -2.99. The van der Waals surface area contributed by atoms with Gasteiger partial charge in [0.25, 0.3) is 5.91 Å². The van der Waals surface area contributed by atoms with Crippen LogP contribution in [0.5, 0.6) is 11.5 Å². The van der Waals surface area contributed by atoms with Gasteiger partial charge in [-0.25, -0.2) is 4.79 Å². The lowest BCUT2D eigenvalue weighted by Crippen LogP contribution is -2.28. The first-order chi connectivity index (χ1) is 13.0. The predicted octanol–water partition coefficient (Wildman–Crippen LogP) is 3.39. The molecule has 6 nitrogen and oxygen atoms in total. The van der Waals surface area contributed by atoms with Crippen LogP contribution in [-0.4, -0.2) is 32.2 Å². The van der Waals surface area contributed by atoms with Crippen molar-refractivity contribution >= 4 is 23.5 Å². The number of ether oxygens (including phenoxy) is 3. The number of methoxy groups -OCH3 is 1. The van der Waals surface area contributed by atoms with Crippen molar-refractivity contribution in [1.29, 1.82) is 0 Å². The van der Waals surface area contributed by atoms with Crippen LogP contribution in [0.3, 0.4) is 0 Å². The van der Waals surface area contributed by atoms with Gasteiger partial charge in [-0.3, -0.25) is 4.79 Å². The van der Waals surface area contributed by atoms with Crippen molar-refractivity contribution in [1.82, 2.24) is 5.32 Å². The van der Waals surface area contributed by atoms with Gasteiger partial charge in [-0.1, -0.05) is 42.5 Å². The number of carbonyl (C=O) groups excluding carboxylic acids is 2. The van der Waals surface area contributed by atoms with Crippen LogP contribution in [0, 0.1) is 0 Å². The van der Waals surface area contributed by atoms with E-state index in [0.717, 1.165) is 5.56 Å². The first-order valence-electron chi connectivity index (χ1n) is 8.14. The van der Waals surface area contributed by atoms with E-state index in [1.807, 2.05) is 6.07 Å². The Balaban J connectivity index is 1.88. The topological polar surface area (TPSA) is 73.9 Å². The predicted molar refractivity (Wildman–Crippen MR) is 102 cm³/mol. The fourth-order valence-corrected chi connectivity index (χ4v) is 2.37. The Morgan fingerprint density at radius 1 is 1.19 bits per heavy atom. The summed E-state index contributed by atoms with van der Waals surface area (Å²) >= 11 is 6.02. The summed E-state index contributed by atoms with van der Waals surface area (Å²) in [6.07, 6.45) is 1.60. The highest BCUT2D eigenvalue weighted by Crippen LogP contribution is 2.28. The third kappa shape index (κ3) is 6.04. The summed E-state index contributed by atoms with van der Waals surface area (Å²) in [6.45, 7) is 3.73. The highest BCUT2D eigenvalue weighted by molar-refractivity contribution is 6.31. The van der Waals surface area contributed by atoms with E-state index in [1.54, 1.807) is 30.3 Å². The molecule has 0 saturated carbocycles. The summed E-state index contributed by atoms with van der Waals surface area (Å²) in [6, 6.07) is 11.8. The lowest BCUT2D eigenvalue weighted by atomic mass is 10.2. The average Bonchev–Trinajstić information content (AvgIpc) is 2.69. The molecule has 2 rings (SSSR count). The lowest BCUT2D eigenvalue weighted by Gasteiger charge is -2.11. The van der Waals surface area contributed by atoms with E-state index in [2.05, 4.69) is 11.9 Å². The third-order valence-electron chi connectivity index (χ3n) is 3.52. The van der Waals surface area contributed by atoms with Crippen LogP contribution in [-0.2, 0) is 16.1 Å². The Bertz CT molecular complexity index is 822. The van der Waals surface area contributed by atoms with Crippen molar-refractivity contribution < 1.29 is 23.8 Å². The normalized spacial score (nSPS) is 10.0. The quantitative estimate of drug-likeness (QED) is 0.525. The van der Waals surface area contributed by atoms with Crippen LogP contribution in [0.4, 0.5) is 0 Å². The SMILES string of the molecule is C=CCOc1ccc(C(=O)OCC(=O)NCc2ccccc2Cl)cc1OC. The van der Waals surface area contributed by atoms with Gasteiger partial charge in [-0.2, -0.15) is 0 Å². The molecule has 0 spiro atoms. The van der Waals surface area contributed by atoms with E-state index in [-0.39, 0.29) is 12.1 Å². The van der Waals surface area contributed by atoms with Gasteiger partial charge in [-0.05, 0) is 29.8 Å². The highest BCUT2D eigenvalue weighted by Gasteiger charge is 2.14. The second-order valence-corrected chi connectivity index (χ2v) is 5.82. The lowest BCUT2D eigenvalue weighted by molar-refractivity contribution is -0.124. The van der Waals surface area contributed by atoms with Gasteiger partial charge in [0, 0.05) is 11.6 Å². The monoisotopic (exact) mass is 389 g/mol. The summed E-state index contributed by atoms with van der Waals surface area (Å²) in [7, 11) is 1.47. The molecule has 0 aliphatic carbocycles. The van der Waals surface area contributed by atoms with Crippen LogP contribution in [0.2, 0.25) is 5.02 Å². The van der Waals surface area contributed by atoms with Gasteiger partial charge < -0.3 is 19.5 Å². The minimum Gasteiger partial charge on any atom is -0.493 e. The number of amides is 1.